The smallest absolute Gasteiger partial charge is 0.410 e. The standard InChI is InChI=1S/C19H24N4O4/c1-19(2,3)27-18(25)22-10-9-12-14(11-22)21-23(16(12)20)17(24)13-7-5-6-8-15(13)26-4/h5-8H,9-11,20H2,1-4H3. The van der Waals surface area contributed by atoms with Crippen LogP contribution in [-0.4, -0.2) is 45.9 Å². The Morgan fingerprint density at radius 3 is 2.59 bits per heavy atom. The van der Waals surface area contributed by atoms with E-state index < -0.39 is 11.7 Å². The second kappa shape index (κ2) is 6.94. The number of para-hydroxylation sites is 1. The van der Waals surface area contributed by atoms with Crippen molar-refractivity contribution in [3.05, 3.63) is 41.1 Å². The van der Waals surface area contributed by atoms with Crippen LogP contribution in [0, 0.1) is 0 Å². The van der Waals surface area contributed by atoms with Gasteiger partial charge in [-0.15, -0.1) is 0 Å². The predicted octanol–water partition coefficient (Wildman–Crippen LogP) is 2.46. The van der Waals surface area contributed by atoms with Crippen LogP contribution >= 0.6 is 0 Å². The highest BCUT2D eigenvalue weighted by atomic mass is 16.6. The molecule has 1 aliphatic heterocycles. The number of benzene rings is 1. The van der Waals surface area contributed by atoms with Crippen LogP contribution in [0.4, 0.5) is 10.6 Å². The van der Waals surface area contributed by atoms with E-state index in [1.807, 2.05) is 20.8 Å². The topological polar surface area (TPSA) is 99.7 Å². The maximum Gasteiger partial charge on any atom is 0.410 e. The van der Waals surface area contributed by atoms with E-state index in [0.717, 1.165) is 5.56 Å². The molecule has 1 aliphatic rings. The molecule has 0 aliphatic carbocycles. The van der Waals surface area contributed by atoms with Gasteiger partial charge in [-0.1, -0.05) is 12.1 Å². The van der Waals surface area contributed by atoms with Gasteiger partial charge in [0.15, 0.2) is 0 Å². The molecule has 0 spiro atoms. The Labute approximate surface area is 157 Å². The SMILES string of the molecule is COc1ccccc1C(=O)n1nc2c(c1N)CCN(C(=O)OC(C)(C)C)C2. The van der Waals surface area contributed by atoms with Crippen LogP contribution in [-0.2, 0) is 17.7 Å². The van der Waals surface area contributed by atoms with Gasteiger partial charge in [-0.05, 0) is 39.3 Å². The molecular formula is C19H24N4O4. The van der Waals surface area contributed by atoms with Gasteiger partial charge < -0.3 is 20.1 Å². The monoisotopic (exact) mass is 372 g/mol. The molecule has 8 heteroatoms. The average Bonchev–Trinajstić information content (AvgIpc) is 2.95. The van der Waals surface area contributed by atoms with Gasteiger partial charge in [0.1, 0.15) is 17.2 Å². The van der Waals surface area contributed by atoms with Crippen molar-refractivity contribution in [3.63, 3.8) is 0 Å². The summed E-state index contributed by atoms with van der Waals surface area (Å²) in [5.41, 5.74) is 7.37. The highest BCUT2D eigenvalue weighted by Crippen LogP contribution is 2.27. The summed E-state index contributed by atoms with van der Waals surface area (Å²) in [6, 6.07) is 6.90. The molecule has 2 aromatic rings. The molecule has 2 N–H and O–H groups in total. The Morgan fingerprint density at radius 2 is 1.93 bits per heavy atom. The summed E-state index contributed by atoms with van der Waals surface area (Å²) >= 11 is 0. The number of anilines is 1. The number of nitrogen functional groups attached to an aromatic ring is 1. The normalized spacial score (nSPS) is 13.9. The largest absolute Gasteiger partial charge is 0.496 e. The van der Waals surface area contributed by atoms with Gasteiger partial charge in [0.25, 0.3) is 5.91 Å². The maximum atomic E-state index is 12.9. The minimum atomic E-state index is -0.574. The van der Waals surface area contributed by atoms with E-state index in [-0.39, 0.29) is 12.5 Å². The molecule has 0 atom stereocenters. The third-order valence-corrected chi connectivity index (χ3v) is 4.26. The van der Waals surface area contributed by atoms with Crippen LogP contribution < -0.4 is 10.5 Å². The third-order valence-electron chi connectivity index (χ3n) is 4.26. The fourth-order valence-corrected chi connectivity index (χ4v) is 2.99. The summed E-state index contributed by atoms with van der Waals surface area (Å²) in [7, 11) is 1.50. The first-order valence-corrected chi connectivity index (χ1v) is 8.73. The lowest BCUT2D eigenvalue weighted by molar-refractivity contribution is 0.0221. The molecule has 0 radical (unpaired) electrons. The van der Waals surface area contributed by atoms with Crippen molar-refractivity contribution in [2.24, 2.45) is 0 Å². The number of hydrogen-bond donors (Lipinski definition) is 1. The molecule has 1 amide bonds. The second-order valence-electron chi connectivity index (χ2n) is 7.38. The molecular weight excluding hydrogens is 348 g/mol. The van der Waals surface area contributed by atoms with Crippen LogP contribution in [0.2, 0.25) is 0 Å². The molecule has 2 heterocycles. The lowest BCUT2D eigenvalue weighted by Gasteiger charge is -2.29. The summed E-state index contributed by atoms with van der Waals surface area (Å²) < 4.78 is 11.8. The Morgan fingerprint density at radius 1 is 1.22 bits per heavy atom. The zero-order chi connectivity index (χ0) is 19.8. The second-order valence-corrected chi connectivity index (χ2v) is 7.38. The first-order chi connectivity index (χ1) is 12.7. The lowest BCUT2D eigenvalue weighted by Crippen LogP contribution is -2.39. The maximum absolute atomic E-state index is 12.9. The van der Waals surface area contributed by atoms with Crippen molar-refractivity contribution in [1.29, 1.82) is 0 Å². The minimum Gasteiger partial charge on any atom is -0.496 e. The van der Waals surface area contributed by atoms with E-state index in [4.69, 9.17) is 15.2 Å². The van der Waals surface area contributed by atoms with Crippen molar-refractivity contribution in [2.45, 2.75) is 39.3 Å². The Hall–Kier alpha value is -3.03. The van der Waals surface area contributed by atoms with Gasteiger partial charge in [-0.2, -0.15) is 9.78 Å². The number of hydrogen-bond acceptors (Lipinski definition) is 6. The van der Waals surface area contributed by atoms with Crippen LogP contribution in [0.15, 0.2) is 24.3 Å². The molecule has 1 aromatic heterocycles. The quantitative estimate of drug-likeness (QED) is 0.869. The average molecular weight is 372 g/mol. The van der Waals surface area contributed by atoms with Crippen molar-refractivity contribution < 1.29 is 19.1 Å². The van der Waals surface area contributed by atoms with Gasteiger partial charge in [-0.3, -0.25) is 4.79 Å². The first-order valence-electron chi connectivity index (χ1n) is 8.73. The summed E-state index contributed by atoms with van der Waals surface area (Å²) in [6.45, 7) is 6.16. The van der Waals surface area contributed by atoms with E-state index in [9.17, 15) is 9.59 Å². The number of aromatic nitrogens is 2. The summed E-state index contributed by atoms with van der Waals surface area (Å²) in [5.74, 6) is 0.374. The molecule has 8 nitrogen and oxygen atoms in total. The molecule has 144 valence electrons. The van der Waals surface area contributed by atoms with Crippen molar-refractivity contribution in [1.82, 2.24) is 14.7 Å². The molecule has 0 bridgehead atoms. The predicted molar refractivity (Wildman–Crippen MR) is 99.7 cm³/mol. The van der Waals surface area contributed by atoms with E-state index in [1.165, 1.54) is 11.8 Å². The number of nitrogens with zero attached hydrogens (tertiary/aromatic N) is 3. The molecule has 3 rings (SSSR count). The highest BCUT2D eigenvalue weighted by Gasteiger charge is 2.31. The molecule has 1 aromatic carbocycles. The Kier molecular flexibility index (Phi) is 4.82. The fraction of sp³-hybridized carbons (Fsp3) is 0.421. The minimum absolute atomic E-state index is 0.251. The number of nitrogens with two attached hydrogens (primary N) is 1. The van der Waals surface area contributed by atoms with Gasteiger partial charge in [0.05, 0.1) is 24.9 Å². The number of carbonyl (C=O) groups excluding carboxylic acids is 2. The van der Waals surface area contributed by atoms with Crippen LogP contribution in [0.5, 0.6) is 5.75 Å². The van der Waals surface area contributed by atoms with E-state index in [0.29, 0.717) is 35.8 Å². The zero-order valence-electron chi connectivity index (χ0n) is 16.0. The third kappa shape index (κ3) is 3.74. The summed E-state index contributed by atoms with van der Waals surface area (Å²) in [5, 5.41) is 4.37. The zero-order valence-corrected chi connectivity index (χ0v) is 16.0. The molecule has 0 saturated carbocycles. The number of ether oxygens (including phenoxy) is 2. The van der Waals surface area contributed by atoms with Crippen molar-refractivity contribution in [2.75, 3.05) is 19.4 Å². The Bertz CT molecular complexity index is 882. The number of carbonyl (C=O) groups is 2. The van der Waals surface area contributed by atoms with Gasteiger partial charge in [0.2, 0.25) is 0 Å². The molecule has 0 unspecified atom stereocenters. The fourth-order valence-electron chi connectivity index (χ4n) is 2.99. The van der Waals surface area contributed by atoms with Crippen LogP contribution in [0.1, 0.15) is 42.4 Å². The lowest BCUT2D eigenvalue weighted by atomic mass is 10.1. The van der Waals surface area contributed by atoms with Crippen LogP contribution in [0.25, 0.3) is 0 Å². The first kappa shape index (κ1) is 18.8. The summed E-state index contributed by atoms with van der Waals surface area (Å²) in [4.78, 5) is 26.8. The van der Waals surface area contributed by atoms with E-state index in [2.05, 4.69) is 5.10 Å². The number of rotatable bonds is 2. The summed E-state index contributed by atoms with van der Waals surface area (Å²) in [6.07, 6.45) is 0.108. The molecule has 0 saturated heterocycles. The van der Waals surface area contributed by atoms with E-state index in [1.54, 1.807) is 29.2 Å². The van der Waals surface area contributed by atoms with Crippen molar-refractivity contribution in [3.8, 4) is 5.75 Å². The van der Waals surface area contributed by atoms with Crippen molar-refractivity contribution >= 4 is 17.8 Å². The highest BCUT2D eigenvalue weighted by molar-refractivity contribution is 5.99. The van der Waals surface area contributed by atoms with E-state index >= 15 is 0 Å². The number of fused-ring (bicyclic) bond motifs is 1. The van der Waals surface area contributed by atoms with Crippen LogP contribution in [0.3, 0.4) is 0 Å². The number of methoxy groups -OCH3 is 1. The molecule has 0 fully saturated rings. The molecule has 27 heavy (non-hydrogen) atoms. The van der Waals surface area contributed by atoms with Gasteiger partial charge in [-0.25, -0.2) is 4.79 Å². The van der Waals surface area contributed by atoms with Gasteiger partial charge in [0, 0.05) is 12.1 Å². The van der Waals surface area contributed by atoms with Gasteiger partial charge >= 0.3 is 6.09 Å². The Balaban J connectivity index is 1.87. The number of amides is 1.